The lowest BCUT2D eigenvalue weighted by Gasteiger charge is -2.14. The Hall–Kier alpha value is -3.33. The standard InChI is InChI=1S/C17H17N5O4/c1-11(22(24)25)7-14(18)15-10-21(17(23)26-15)16-5-4-13(9-20-16)12-3-2-6-19-8-12/h2-9,14-15H,10,18H2,1H3. The zero-order valence-corrected chi connectivity index (χ0v) is 14.0. The molecule has 2 aromatic heterocycles. The average Bonchev–Trinajstić information content (AvgIpc) is 3.04. The van der Waals surface area contributed by atoms with Crippen LogP contribution in [0.4, 0.5) is 10.6 Å². The van der Waals surface area contributed by atoms with Crippen LogP contribution in [0.5, 0.6) is 0 Å². The number of aromatic nitrogens is 2. The van der Waals surface area contributed by atoms with Gasteiger partial charge in [0.15, 0.2) is 0 Å². The van der Waals surface area contributed by atoms with Crippen molar-refractivity contribution in [3.8, 4) is 11.1 Å². The van der Waals surface area contributed by atoms with Gasteiger partial charge in [-0.1, -0.05) is 6.07 Å². The minimum Gasteiger partial charge on any atom is -0.442 e. The number of cyclic esters (lactones) is 1. The summed E-state index contributed by atoms with van der Waals surface area (Å²) < 4.78 is 5.23. The predicted molar refractivity (Wildman–Crippen MR) is 93.8 cm³/mol. The monoisotopic (exact) mass is 355 g/mol. The van der Waals surface area contributed by atoms with Gasteiger partial charge in [0.1, 0.15) is 11.9 Å². The molecule has 9 heteroatoms. The molecule has 0 spiro atoms. The molecular formula is C17H17N5O4. The van der Waals surface area contributed by atoms with E-state index in [2.05, 4.69) is 9.97 Å². The van der Waals surface area contributed by atoms with Crippen molar-refractivity contribution in [2.24, 2.45) is 5.73 Å². The van der Waals surface area contributed by atoms with Crippen molar-refractivity contribution >= 4 is 11.9 Å². The molecule has 3 rings (SSSR count). The highest BCUT2D eigenvalue weighted by molar-refractivity contribution is 5.88. The predicted octanol–water partition coefficient (Wildman–Crippen LogP) is 1.98. The van der Waals surface area contributed by atoms with Crippen molar-refractivity contribution in [2.75, 3.05) is 11.4 Å². The molecule has 1 amide bonds. The Balaban J connectivity index is 1.73. The second kappa shape index (κ2) is 7.28. The van der Waals surface area contributed by atoms with Crippen molar-refractivity contribution in [1.29, 1.82) is 0 Å². The SMILES string of the molecule is CC(=CC(N)C1CN(c2ccc(-c3cccnc3)cn2)C(=O)O1)[N+](=O)[O-]. The molecule has 134 valence electrons. The largest absolute Gasteiger partial charge is 0.442 e. The Morgan fingerprint density at radius 2 is 2.19 bits per heavy atom. The maximum absolute atomic E-state index is 12.1. The molecule has 1 saturated heterocycles. The molecule has 0 radical (unpaired) electrons. The van der Waals surface area contributed by atoms with E-state index >= 15 is 0 Å². The van der Waals surface area contributed by atoms with Gasteiger partial charge in [-0.2, -0.15) is 0 Å². The van der Waals surface area contributed by atoms with Crippen LogP contribution in [0.1, 0.15) is 6.92 Å². The summed E-state index contributed by atoms with van der Waals surface area (Å²) in [6.45, 7) is 1.51. The van der Waals surface area contributed by atoms with Crippen molar-refractivity contribution in [1.82, 2.24) is 9.97 Å². The fraction of sp³-hybridized carbons (Fsp3) is 0.235. The van der Waals surface area contributed by atoms with Crippen molar-refractivity contribution in [3.05, 3.63) is 64.7 Å². The highest BCUT2D eigenvalue weighted by Gasteiger charge is 2.36. The maximum Gasteiger partial charge on any atom is 0.416 e. The Morgan fingerprint density at radius 1 is 1.42 bits per heavy atom. The van der Waals surface area contributed by atoms with Gasteiger partial charge in [-0.15, -0.1) is 0 Å². The fourth-order valence-electron chi connectivity index (χ4n) is 2.57. The maximum atomic E-state index is 12.1. The molecule has 2 aromatic rings. The van der Waals surface area contributed by atoms with E-state index in [0.717, 1.165) is 11.1 Å². The van der Waals surface area contributed by atoms with E-state index in [0.29, 0.717) is 5.82 Å². The number of anilines is 1. The summed E-state index contributed by atoms with van der Waals surface area (Å²) in [5.41, 5.74) is 7.60. The van der Waals surface area contributed by atoms with Gasteiger partial charge >= 0.3 is 6.09 Å². The molecule has 0 aliphatic carbocycles. The van der Waals surface area contributed by atoms with Gasteiger partial charge in [-0.3, -0.25) is 20.0 Å². The fourth-order valence-corrected chi connectivity index (χ4v) is 2.57. The van der Waals surface area contributed by atoms with E-state index in [4.69, 9.17) is 10.5 Å². The second-order valence-electron chi connectivity index (χ2n) is 5.82. The lowest BCUT2D eigenvalue weighted by molar-refractivity contribution is -0.424. The lowest BCUT2D eigenvalue weighted by Crippen LogP contribution is -2.37. The molecule has 0 aromatic carbocycles. The first-order valence-electron chi connectivity index (χ1n) is 7.88. The van der Waals surface area contributed by atoms with E-state index in [-0.39, 0.29) is 12.2 Å². The Kier molecular flexibility index (Phi) is 4.90. The number of nitrogens with two attached hydrogens (primary N) is 1. The van der Waals surface area contributed by atoms with Gasteiger partial charge in [-0.05, 0) is 18.2 Å². The zero-order valence-electron chi connectivity index (χ0n) is 14.0. The first kappa shape index (κ1) is 17.5. The summed E-state index contributed by atoms with van der Waals surface area (Å²) in [6.07, 6.45) is 5.06. The molecule has 1 fully saturated rings. The normalized spacial score (nSPS) is 18.5. The number of carbonyl (C=O) groups excluding carboxylic acids is 1. The Labute approximate surface area is 149 Å². The zero-order chi connectivity index (χ0) is 18.7. The number of carbonyl (C=O) groups is 1. The van der Waals surface area contributed by atoms with Crippen LogP contribution in [0.2, 0.25) is 0 Å². The Bertz CT molecular complexity index is 838. The summed E-state index contributed by atoms with van der Waals surface area (Å²) in [7, 11) is 0. The van der Waals surface area contributed by atoms with Crippen LogP contribution in [-0.2, 0) is 4.74 Å². The van der Waals surface area contributed by atoms with Crippen molar-refractivity contribution < 1.29 is 14.5 Å². The van der Waals surface area contributed by atoms with Gasteiger partial charge in [0.25, 0.3) is 0 Å². The summed E-state index contributed by atoms with van der Waals surface area (Å²) in [6, 6.07) is 6.50. The number of amides is 1. The van der Waals surface area contributed by atoms with E-state index in [1.54, 1.807) is 24.7 Å². The minimum absolute atomic E-state index is 0.0917. The van der Waals surface area contributed by atoms with Crippen molar-refractivity contribution in [3.63, 3.8) is 0 Å². The molecule has 0 bridgehead atoms. The van der Waals surface area contributed by atoms with Crippen LogP contribution >= 0.6 is 0 Å². The number of hydrogen-bond donors (Lipinski definition) is 1. The van der Waals surface area contributed by atoms with E-state index in [1.807, 2.05) is 18.2 Å². The summed E-state index contributed by atoms with van der Waals surface area (Å²) in [5, 5.41) is 10.7. The van der Waals surface area contributed by atoms with E-state index < -0.39 is 23.2 Å². The third kappa shape index (κ3) is 3.67. The highest BCUT2D eigenvalue weighted by atomic mass is 16.6. The van der Waals surface area contributed by atoms with Gasteiger partial charge in [-0.25, -0.2) is 9.78 Å². The van der Waals surface area contributed by atoms with E-state index in [1.165, 1.54) is 17.9 Å². The minimum atomic E-state index is -0.774. The molecule has 2 N–H and O–H groups in total. The quantitative estimate of drug-likeness (QED) is 0.642. The number of ether oxygens (including phenoxy) is 1. The van der Waals surface area contributed by atoms with Crippen LogP contribution in [0.15, 0.2) is 54.6 Å². The summed E-state index contributed by atoms with van der Waals surface area (Å²) >= 11 is 0. The molecule has 1 aliphatic rings. The lowest BCUT2D eigenvalue weighted by atomic mass is 10.1. The number of allylic oxidation sites excluding steroid dienone is 1. The average molecular weight is 355 g/mol. The highest BCUT2D eigenvalue weighted by Crippen LogP contribution is 2.24. The number of nitro groups is 1. The number of pyridine rings is 2. The number of hydrogen-bond acceptors (Lipinski definition) is 7. The van der Waals surface area contributed by atoms with Gasteiger partial charge in [0, 0.05) is 42.7 Å². The topological polar surface area (TPSA) is 124 Å². The number of rotatable bonds is 5. The molecule has 3 heterocycles. The van der Waals surface area contributed by atoms with Gasteiger partial charge in [0.05, 0.1) is 17.5 Å². The molecule has 1 aliphatic heterocycles. The first-order chi connectivity index (χ1) is 12.5. The summed E-state index contributed by atoms with van der Waals surface area (Å²) in [4.78, 5) is 32.0. The molecule has 0 saturated carbocycles. The van der Waals surface area contributed by atoms with Crippen LogP contribution in [-0.4, -0.2) is 39.7 Å². The van der Waals surface area contributed by atoms with Crippen LogP contribution < -0.4 is 10.6 Å². The molecule has 2 atom stereocenters. The molecule has 9 nitrogen and oxygen atoms in total. The van der Waals surface area contributed by atoms with E-state index in [9.17, 15) is 14.9 Å². The second-order valence-corrected chi connectivity index (χ2v) is 5.82. The Morgan fingerprint density at radius 3 is 2.81 bits per heavy atom. The molecule has 2 unspecified atom stereocenters. The van der Waals surface area contributed by atoms with Gasteiger partial charge in [0.2, 0.25) is 5.70 Å². The summed E-state index contributed by atoms with van der Waals surface area (Å²) in [5.74, 6) is 0.423. The molecule has 26 heavy (non-hydrogen) atoms. The van der Waals surface area contributed by atoms with Gasteiger partial charge < -0.3 is 10.5 Å². The first-order valence-corrected chi connectivity index (χ1v) is 7.88. The van der Waals surface area contributed by atoms with Crippen LogP contribution in [0.3, 0.4) is 0 Å². The van der Waals surface area contributed by atoms with Crippen LogP contribution in [0, 0.1) is 10.1 Å². The van der Waals surface area contributed by atoms with Crippen LogP contribution in [0.25, 0.3) is 11.1 Å². The third-order valence-corrected chi connectivity index (χ3v) is 4.01. The smallest absolute Gasteiger partial charge is 0.416 e. The molecular weight excluding hydrogens is 338 g/mol. The number of nitrogens with zero attached hydrogens (tertiary/aromatic N) is 4. The third-order valence-electron chi connectivity index (χ3n) is 4.01. The van der Waals surface area contributed by atoms with Crippen molar-refractivity contribution in [2.45, 2.75) is 19.1 Å².